The Balaban J connectivity index is 1.76. The van der Waals surface area contributed by atoms with Crippen LogP contribution >= 0.6 is 0 Å². The van der Waals surface area contributed by atoms with E-state index in [9.17, 15) is 0 Å². The highest BCUT2D eigenvalue weighted by Crippen LogP contribution is 2.26. The molecule has 0 atom stereocenters. The largest absolute Gasteiger partial charge is 0.423 e. The van der Waals surface area contributed by atoms with Gasteiger partial charge in [-0.1, -0.05) is 19.9 Å². The van der Waals surface area contributed by atoms with Crippen molar-refractivity contribution in [3.05, 3.63) is 23.8 Å². The Bertz CT molecular complexity index is 599. The molecule has 3 rings (SSSR count). The molecule has 0 radical (unpaired) electrons. The van der Waals surface area contributed by atoms with Crippen LogP contribution in [0.4, 0.5) is 6.01 Å². The Hall–Kier alpha value is -1.59. The van der Waals surface area contributed by atoms with Gasteiger partial charge >= 0.3 is 0 Å². The van der Waals surface area contributed by atoms with Crippen LogP contribution in [0.3, 0.4) is 0 Å². The smallest absolute Gasteiger partial charge is 0.298 e. The molecule has 1 aromatic heterocycles. The lowest BCUT2D eigenvalue weighted by Gasteiger charge is -2.33. The van der Waals surface area contributed by atoms with Crippen molar-refractivity contribution in [2.45, 2.75) is 19.8 Å². The van der Waals surface area contributed by atoms with Gasteiger partial charge in [0, 0.05) is 39.3 Å². The molecule has 21 heavy (non-hydrogen) atoms. The second-order valence-electron chi connectivity index (χ2n) is 6.00. The highest BCUT2D eigenvalue weighted by Gasteiger charge is 2.20. The minimum atomic E-state index is 0.509. The van der Waals surface area contributed by atoms with Gasteiger partial charge in [0.15, 0.2) is 5.58 Å². The molecule has 5 heteroatoms. The van der Waals surface area contributed by atoms with Crippen molar-refractivity contribution in [3.63, 3.8) is 0 Å². The number of nitrogens with zero attached hydrogens (tertiary/aromatic N) is 3. The third kappa shape index (κ3) is 3.04. The molecule has 114 valence electrons. The molecule has 1 saturated heterocycles. The molecule has 0 amide bonds. The fourth-order valence-electron chi connectivity index (χ4n) is 2.77. The molecular formula is C16H24N4O. The van der Waals surface area contributed by atoms with Crippen LogP contribution < -0.4 is 10.6 Å². The van der Waals surface area contributed by atoms with Crippen molar-refractivity contribution in [3.8, 4) is 0 Å². The van der Waals surface area contributed by atoms with Crippen LogP contribution in [0.15, 0.2) is 22.6 Å². The van der Waals surface area contributed by atoms with Crippen LogP contribution in [-0.4, -0.2) is 49.2 Å². The van der Waals surface area contributed by atoms with E-state index >= 15 is 0 Å². The molecule has 2 heterocycles. The Morgan fingerprint density at radius 3 is 2.67 bits per heavy atom. The molecule has 2 aromatic rings. The second kappa shape index (κ2) is 6.03. The zero-order valence-corrected chi connectivity index (χ0v) is 12.9. The molecule has 2 N–H and O–H groups in total. The van der Waals surface area contributed by atoms with E-state index in [2.05, 4.69) is 40.8 Å². The van der Waals surface area contributed by atoms with Crippen LogP contribution in [-0.2, 0) is 0 Å². The van der Waals surface area contributed by atoms with Crippen LogP contribution in [0.25, 0.3) is 11.1 Å². The Morgan fingerprint density at radius 1 is 1.24 bits per heavy atom. The van der Waals surface area contributed by atoms with Crippen molar-refractivity contribution in [1.82, 2.24) is 9.88 Å². The molecule has 0 bridgehead atoms. The highest BCUT2D eigenvalue weighted by atomic mass is 16.4. The Labute approximate surface area is 125 Å². The van der Waals surface area contributed by atoms with E-state index in [1.54, 1.807) is 0 Å². The lowest BCUT2D eigenvalue weighted by Crippen LogP contribution is -2.47. The maximum atomic E-state index is 5.91. The summed E-state index contributed by atoms with van der Waals surface area (Å²) in [5.74, 6) is 0.509. The lowest BCUT2D eigenvalue weighted by atomic mass is 10.0. The first-order valence-corrected chi connectivity index (χ1v) is 7.75. The van der Waals surface area contributed by atoms with Crippen molar-refractivity contribution < 1.29 is 4.42 Å². The Kier molecular flexibility index (Phi) is 4.12. The van der Waals surface area contributed by atoms with Gasteiger partial charge in [-0.05, 0) is 23.6 Å². The van der Waals surface area contributed by atoms with Gasteiger partial charge in [-0.2, -0.15) is 4.98 Å². The number of hydrogen-bond donors (Lipinski definition) is 1. The molecule has 0 saturated carbocycles. The van der Waals surface area contributed by atoms with Crippen molar-refractivity contribution in [1.29, 1.82) is 0 Å². The summed E-state index contributed by atoms with van der Waals surface area (Å²) in [5, 5.41) is 0. The van der Waals surface area contributed by atoms with Crippen molar-refractivity contribution in [2.24, 2.45) is 5.73 Å². The summed E-state index contributed by atoms with van der Waals surface area (Å²) < 4.78 is 5.91. The van der Waals surface area contributed by atoms with E-state index in [4.69, 9.17) is 10.2 Å². The van der Waals surface area contributed by atoms with E-state index in [-0.39, 0.29) is 0 Å². The number of benzene rings is 1. The number of piperazine rings is 1. The first-order chi connectivity index (χ1) is 10.2. The molecule has 1 aliphatic heterocycles. The first kappa shape index (κ1) is 14.4. The first-order valence-electron chi connectivity index (χ1n) is 7.75. The van der Waals surface area contributed by atoms with Gasteiger partial charge in [0.2, 0.25) is 0 Å². The molecule has 1 aliphatic rings. The number of anilines is 1. The van der Waals surface area contributed by atoms with Crippen LogP contribution in [0.2, 0.25) is 0 Å². The molecule has 0 unspecified atom stereocenters. The quantitative estimate of drug-likeness (QED) is 0.933. The normalized spacial score (nSPS) is 17.0. The van der Waals surface area contributed by atoms with Gasteiger partial charge in [0.1, 0.15) is 5.52 Å². The average Bonchev–Trinajstić information content (AvgIpc) is 2.91. The van der Waals surface area contributed by atoms with E-state index < -0.39 is 0 Å². The van der Waals surface area contributed by atoms with E-state index in [0.29, 0.717) is 5.92 Å². The zero-order valence-electron chi connectivity index (χ0n) is 12.9. The maximum Gasteiger partial charge on any atom is 0.298 e. The summed E-state index contributed by atoms with van der Waals surface area (Å²) >= 11 is 0. The lowest BCUT2D eigenvalue weighted by molar-refractivity contribution is 0.260. The fourth-order valence-corrected chi connectivity index (χ4v) is 2.77. The maximum absolute atomic E-state index is 5.91. The summed E-state index contributed by atoms with van der Waals surface area (Å²) in [6, 6.07) is 7.04. The predicted octanol–water partition coefficient (Wildman–Crippen LogP) is 2.03. The summed E-state index contributed by atoms with van der Waals surface area (Å²) in [5.41, 5.74) is 8.74. The summed E-state index contributed by atoms with van der Waals surface area (Å²) in [6.45, 7) is 10.0. The summed E-state index contributed by atoms with van der Waals surface area (Å²) in [6.07, 6.45) is 0. The van der Waals surface area contributed by atoms with Gasteiger partial charge in [-0.25, -0.2) is 0 Å². The second-order valence-corrected chi connectivity index (χ2v) is 6.00. The van der Waals surface area contributed by atoms with Gasteiger partial charge in [0.25, 0.3) is 6.01 Å². The Morgan fingerprint density at radius 2 is 2.00 bits per heavy atom. The third-order valence-electron chi connectivity index (χ3n) is 4.16. The van der Waals surface area contributed by atoms with Crippen molar-refractivity contribution in [2.75, 3.05) is 44.2 Å². The number of rotatable bonds is 4. The van der Waals surface area contributed by atoms with Crippen molar-refractivity contribution >= 4 is 17.1 Å². The van der Waals surface area contributed by atoms with Crippen LogP contribution in [0.1, 0.15) is 25.3 Å². The van der Waals surface area contributed by atoms with Gasteiger partial charge in [-0.3, -0.25) is 4.90 Å². The number of fused-ring (bicyclic) bond motifs is 1. The predicted molar refractivity (Wildman–Crippen MR) is 85.8 cm³/mol. The standard InChI is InChI=1S/C16H24N4O/c1-12(2)13-3-4-15-14(11-13)18-16(21-15)20-9-7-19(6-5-17)8-10-20/h3-4,11-12H,5-10,17H2,1-2H3. The monoisotopic (exact) mass is 288 g/mol. The molecule has 0 aliphatic carbocycles. The third-order valence-corrected chi connectivity index (χ3v) is 4.16. The minimum Gasteiger partial charge on any atom is -0.423 e. The van der Waals surface area contributed by atoms with Crippen LogP contribution in [0, 0.1) is 0 Å². The van der Waals surface area contributed by atoms with E-state index in [1.807, 2.05) is 6.07 Å². The molecule has 0 spiro atoms. The van der Waals surface area contributed by atoms with E-state index in [0.717, 1.165) is 56.4 Å². The van der Waals surface area contributed by atoms with E-state index in [1.165, 1.54) is 5.56 Å². The summed E-state index contributed by atoms with van der Waals surface area (Å²) in [7, 11) is 0. The van der Waals surface area contributed by atoms with Gasteiger partial charge < -0.3 is 15.1 Å². The minimum absolute atomic E-state index is 0.509. The van der Waals surface area contributed by atoms with Crippen LogP contribution in [0.5, 0.6) is 0 Å². The number of aromatic nitrogens is 1. The fraction of sp³-hybridized carbons (Fsp3) is 0.562. The topological polar surface area (TPSA) is 58.5 Å². The molecule has 1 fully saturated rings. The van der Waals surface area contributed by atoms with Gasteiger partial charge in [-0.15, -0.1) is 0 Å². The molecule has 1 aromatic carbocycles. The number of oxazole rings is 1. The highest BCUT2D eigenvalue weighted by molar-refractivity contribution is 5.75. The molecular weight excluding hydrogens is 264 g/mol. The number of hydrogen-bond acceptors (Lipinski definition) is 5. The SMILES string of the molecule is CC(C)c1ccc2oc(N3CCN(CCN)CC3)nc2c1. The molecule has 5 nitrogen and oxygen atoms in total. The summed E-state index contributed by atoms with van der Waals surface area (Å²) in [4.78, 5) is 9.28. The number of nitrogens with two attached hydrogens (primary N) is 1. The van der Waals surface area contributed by atoms with Gasteiger partial charge in [0.05, 0.1) is 0 Å². The average molecular weight is 288 g/mol. The zero-order chi connectivity index (χ0) is 14.8.